The molecule has 124 valence electrons. The second kappa shape index (κ2) is 6.45. The molecule has 1 aliphatic rings. The first-order valence-corrected chi connectivity index (χ1v) is 7.10. The zero-order valence-corrected chi connectivity index (χ0v) is 12.7. The van der Waals surface area contributed by atoms with Gasteiger partial charge in [0.2, 0.25) is 6.10 Å². The predicted molar refractivity (Wildman–Crippen MR) is 84.6 cm³/mol. The molecule has 0 fully saturated rings. The van der Waals surface area contributed by atoms with Crippen molar-refractivity contribution in [1.29, 1.82) is 0 Å². The van der Waals surface area contributed by atoms with Crippen LogP contribution < -0.4 is 19.5 Å². The minimum atomic E-state index is -0.901. The molecule has 0 unspecified atom stereocenters. The van der Waals surface area contributed by atoms with Gasteiger partial charge >= 0.3 is 0 Å². The van der Waals surface area contributed by atoms with Gasteiger partial charge in [-0.2, -0.15) is 0 Å². The van der Waals surface area contributed by atoms with Gasteiger partial charge in [0.15, 0.2) is 11.5 Å². The number of hydrogen-bond acceptors (Lipinski definition) is 6. The van der Waals surface area contributed by atoms with Crippen LogP contribution in [-0.2, 0) is 4.79 Å². The van der Waals surface area contributed by atoms with Crippen molar-refractivity contribution in [3.63, 3.8) is 0 Å². The van der Waals surface area contributed by atoms with Crippen LogP contribution in [0.25, 0.3) is 0 Å². The molecule has 2 aromatic rings. The van der Waals surface area contributed by atoms with Crippen molar-refractivity contribution >= 4 is 17.3 Å². The number of ether oxygens (including phenoxy) is 3. The fourth-order valence-corrected chi connectivity index (χ4v) is 2.26. The van der Waals surface area contributed by atoms with Gasteiger partial charge in [0.05, 0.1) is 18.1 Å². The van der Waals surface area contributed by atoms with Crippen molar-refractivity contribution in [3.05, 3.63) is 52.6 Å². The maximum absolute atomic E-state index is 12.3. The second-order valence-corrected chi connectivity index (χ2v) is 4.99. The van der Waals surface area contributed by atoms with E-state index in [4.69, 9.17) is 14.2 Å². The number of para-hydroxylation sites is 2. The van der Waals surface area contributed by atoms with Gasteiger partial charge in [-0.05, 0) is 24.3 Å². The maximum Gasteiger partial charge on any atom is 0.296 e. The number of anilines is 1. The summed E-state index contributed by atoms with van der Waals surface area (Å²) in [6.45, 7) is 0.0206. The highest BCUT2D eigenvalue weighted by Crippen LogP contribution is 2.32. The Bertz CT molecular complexity index is 792. The van der Waals surface area contributed by atoms with Gasteiger partial charge < -0.3 is 19.5 Å². The third kappa shape index (κ3) is 3.07. The lowest BCUT2D eigenvalue weighted by molar-refractivity contribution is -0.384. The van der Waals surface area contributed by atoms with Crippen LogP contribution in [0.5, 0.6) is 17.2 Å². The molecule has 8 heteroatoms. The van der Waals surface area contributed by atoms with Gasteiger partial charge in [0.25, 0.3) is 11.6 Å². The van der Waals surface area contributed by atoms with Crippen LogP contribution >= 0.6 is 0 Å². The highest BCUT2D eigenvalue weighted by molar-refractivity contribution is 5.96. The molecule has 3 rings (SSSR count). The lowest BCUT2D eigenvalue weighted by Gasteiger charge is -2.25. The smallest absolute Gasteiger partial charge is 0.296 e. The molecule has 1 amide bonds. The fourth-order valence-electron chi connectivity index (χ4n) is 2.26. The minimum absolute atomic E-state index is 0.0206. The van der Waals surface area contributed by atoms with Crippen molar-refractivity contribution in [1.82, 2.24) is 0 Å². The number of nitrogens with zero attached hydrogens (tertiary/aromatic N) is 1. The number of nitro groups is 1. The topological polar surface area (TPSA) is 99.9 Å². The molecule has 1 atom stereocenters. The van der Waals surface area contributed by atoms with E-state index in [2.05, 4.69) is 5.32 Å². The van der Waals surface area contributed by atoms with Crippen LogP contribution in [0.4, 0.5) is 11.4 Å². The molecule has 0 aromatic heterocycles. The van der Waals surface area contributed by atoms with Crippen molar-refractivity contribution in [2.45, 2.75) is 6.10 Å². The zero-order chi connectivity index (χ0) is 17.1. The van der Waals surface area contributed by atoms with Gasteiger partial charge in [-0.3, -0.25) is 14.9 Å². The number of carbonyl (C=O) groups excluding carboxylic acids is 1. The summed E-state index contributed by atoms with van der Waals surface area (Å²) in [5.74, 6) is 0.800. The Kier molecular flexibility index (Phi) is 4.19. The number of benzene rings is 2. The van der Waals surface area contributed by atoms with Crippen molar-refractivity contribution < 1.29 is 23.9 Å². The Morgan fingerprint density at radius 2 is 2.04 bits per heavy atom. The van der Waals surface area contributed by atoms with Crippen LogP contribution in [0.15, 0.2) is 42.5 Å². The molecule has 0 radical (unpaired) electrons. The zero-order valence-electron chi connectivity index (χ0n) is 12.7. The van der Waals surface area contributed by atoms with E-state index in [1.54, 1.807) is 24.3 Å². The maximum atomic E-state index is 12.3. The third-order valence-electron chi connectivity index (χ3n) is 3.46. The average Bonchev–Trinajstić information content (AvgIpc) is 2.61. The van der Waals surface area contributed by atoms with Crippen molar-refractivity contribution in [3.8, 4) is 17.2 Å². The first-order valence-electron chi connectivity index (χ1n) is 7.10. The van der Waals surface area contributed by atoms with Crippen molar-refractivity contribution in [2.75, 3.05) is 19.0 Å². The van der Waals surface area contributed by atoms with Crippen LogP contribution in [0.1, 0.15) is 0 Å². The Morgan fingerprint density at radius 3 is 2.75 bits per heavy atom. The fraction of sp³-hybridized carbons (Fsp3) is 0.188. The molecule has 0 saturated carbocycles. The minimum Gasteiger partial charge on any atom is -0.496 e. The lowest BCUT2D eigenvalue weighted by Crippen LogP contribution is -2.40. The number of hydrogen-bond donors (Lipinski definition) is 1. The summed E-state index contributed by atoms with van der Waals surface area (Å²) in [6.07, 6.45) is -0.901. The number of amides is 1. The van der Waals surface area contributed by atoms with Gasteiger partial charge in [-0.15, -0.1) is 0 Å². The third-order valence-corrected chi connectivity index (χ3v) is 3.46. The Morgan fingerprint density at radius 1 is 1.29 bits per heavy atom. The second-order valence-electron chi connectivity index (χ2n) is 4.99. The highest BCUT2D eigenvalue weighted by Gasteiger charge is 2.29. The molecule has 1 aliphatic heterocycles. The quantitative estimate of drug-likeness (QED) is 0.682. The van der Waals surface area contributed by atoms with Gasteiger partial charge in [0, 0.05) is 0 Å². The summed E-state index contributed by atoms with van der Waals surface area (Å²) in [5.41, 5.74) is -0.201. The molecule has 2 aromatic carbocycles. The van der Waals surface area contributed by atoms with E-state index in [0.29, 0.717) is 17.2 Å². The molecular weight excluding hydrogens is 316 g/mol. The lowest BCUT2D eigenvalue weighted by atomic mass is 10.2. The monoisotopic (exact) mass is 330 g/mol. The SMILES string of the molecule is COc1ccc(NC(=O)[C@@H]2COc3ccccc3O2)c([N+](=O)[O-])c1. The molecule has 1 N–H and O–H groups in total. The summed E-state index contributed by atoms with van der Waals surface area (Å²) >= 11 is 0. The molecule has 1 heterocycles. The largest absolute Gasteiger partial charge is 0.496 e. The molecule has 0 bridgehead atoms. The number of methoxy groups -OCH3 is 1. The molecule has 0 saturated heterocycles. The van der Waals surface area contributed by atoms with Crippen LogP contribution in [0, 0.1) is 10.1 Å². The van der Waals surface area contributed by atoms with E-state index in [9.17, 15) is 14.9 Å². The highest BCUT2D eigenvalue weighted by atomic mass is 16.6. The number of nitro benzene ring substituents is 1. The van der Waals surface area contributed by atoms with Crippen molar-refractivity contribution in [2.24, 2.45) is 0 Å². The van der Waals surface area contributed by atoms with Gasteiger partial charge in [-0.1, -0.05) is 12.1 Å². The first-order chi connectivity index (χ1) is 11.6. The van der Waals surface area contributed by atoms with E-state index in [-0.39, 0.29) is 18.0 Å². The molecule has 0 aliphatic carbocycles. The van der Waals surface area contributed by atoms with Crippen LogP contribution in [-0.4, -0.2) is 30.7 Å². The molecule has 0 spiro atoms. The van der Waals surface area contributed by atoms with E-state index in [1.165, 1.54) is 25.3 Å². The predicted octanol–water partition coefficient (Wildman–Crippen LogP) is 2.38. The van der Waals surface area contributed by atoms with Gasteiger partial charge in [-0.25, -0.2) is 0 Å². The summed E-state index contributed by atoms with van der Waals surface area (Å²) in [4.78, 5) is 22.9. The summed E-state index contributed by atoms with van der Waals surface area (Å²) in [7, 11) is 1.40. The van der Waals surface area contributed by atoms with Gasteiger partial charge in [0.1, 0.15) is 18.0 Å². The summed E-state index contributed by atoms with van der Waals surface area (Å²) in [5, 5.41) is 13.7. The Labute approximate surface area is 137 Å². The molecule has 8 nitrogen and oxygen atoms in total. The Balaban J connectivity index is 1.77. The van der Waals surface area contributed by atoms with Crippen LogP contribution in [0.3, 0.4) is 0 Å². The van der Waals surface area contributed by atoms with E-state index < -0.39 is 16.9 Å². The standard InChI is InChI=1S/C16H14N2O6/c1-22-10-6-7-11(12(8-10)18(20)21)17-16(19)15-9-23-13-4-2-3-5-14(13)24-15/h2-8,15H,9H2,1H3,(H,17,19)/t15-/m0/s1. The summed E-state index contributed by atoms with van der Waals surface area (Å²) < 4.78 is 16.0. The number of fused-ring (bicyclic) bond motifs is 1. The van der Waals surface area contributed by atoms with Crippen LogP contribution in [0.2, 0.25) is 0 Å². The average molecular weight is 330 g/mol. The number of carbonyl (C=O) groups is 1. The molecule has 24 heavy (non-hydrogen) atoms. The molecular formula is C16H14N2O6. The first kappa shape index (κ1) is 15.6. The van der Waals surface area contributed by atoms with E-state index >= 15 is 0 Å². The van der Waals surface area contributed by atoms with E-state index in [1.807, 2.05) is 0 Å². The number of nitrogens with one attached hydrogen (secondary N) is 1. The normalized spacial score (nSPS) is 15.5. The summed E-state index contributed by atoms with van der Waals surface area (Å²) in [6, 6.07) is 11.1. The van der Waals surface area contributed by atoms with E-state index in [0.717, 1.165) is 0 Å². The Hall–Kier alpha value is -3.29. The number of rotatable bonds is 4.